The van der Waals surface area contributed by atoms with Crippen molar-refractivity contribution in [2.75, 3.05) is 12.9 Å². The number of aromatic nitrogens is 2. The van der Waals surface area contributed by atoms with Crippen molar-refractivity contribution < 1.29 is 9.53 Å². The highest BCUT2D eigenvalue weighted by Crippen LogP contribution is 2.24. The van der Waals surface area contributed by atoms with Gasteiger partial charge in [0, 0.05) is 11.4 Å². The third-order valence-electron chi connectivity index (χ3n) is 3.04. The molecule has 5 nitrogen and oxygen atoms in total. The molecular weight excluding hydrogens is 308 g/mol. The van der Waals surface area contributed by atoms with E-state index in [-0.39, 0.29) is 17.9 Å². The Hall–Kier alpha value is -1.34. The highest BCUT2D eigenvalue weighted by Gasteiger charge is 2.14. The number of thiophene rings is 1. The molecule has 0 aromatic carbocycles. The third-order valence-corrected chi connectivity index (χ3v) is 4.89. The van der Waals surface area contributed by atoms with Crippen LogP contribution < -0.4 is 5.56 Å². The Bertz CT molecular complexity index is 706. The first kappa shape index (κ1) is 16.0. The van der Waals surface area contributed by atoms with Crippen molar-refractivity contribution in [1.82, 2.24) is 9.55 Å². The molecule has 0 spiro atoms. The van der Waals surface area contributed by atoms with Crippen molar-refractivity contribution in [3.8, 4) is 0 Å². The van der Waals surface area contributed by atoms with Crippen molar-refractivity contribution in [1.29, 1.82) is 0 Å². The molecule has 2 aromatic heterocycles. The molecule has 0 bridgehead atoms. The first-order valence-electron chi connectivity index (χ1n) is 6.83. The fraction of sp³-hybridized carbons (Fsp3) is 0.500. The minimum absolute atomic E-state index is 0.0791. The van der Waals surface area contributed by atoms with E-state index < -0.39 is 0 Å². The molecule has 0 unspecified atom stereocenters. The predicted molar refractivity (Wildman–Crippen MR) is 86.3 cm³/mol. The lowest BCUT2D eigenvalue weighted by atomic mass is 10.3. The molecule has 0 aliphatic rings. The van der Waals surface area contributed by atoms with Crippen LogP contribution in [0.4, 0.5) is 0 Å². The van der Waals surface area contributed by atoms with E-state index in [0.717, 1.165) is 16.1 Å². The van der Waals surface area contributed by atoms with Crippen molar-refractivity contribution in [2.45, 2.75) is 38.4 Å². The van der Waals surface area contributed by atoms with Gasteiger partial charge < -0.3 is 4.74 Å². The standard InChI is InChI=1S/C14H18N2O3S2/c1-4-9-8-10-12(21-9)15-14(20-3)16(13(10)18)7-6-11(17)19-5-2/h8H,4-7H2,1-3H3. The van der Waals surface area contributed by atoms with E-state index in [1.807, 2.05) is 12.3 Å². The number of carbonyl (C=O) groups is 1. The summed E-state index contributed by atoms with van der Waals surface area (Å²) in [6.07, 6.45) is 2.94. The van der Waals surface area contributed by atoms with Crippen molar-refractivity contribution in [2.24, 2.45) is 0 Å². The second-order valence-electron chi connectivity index (χ2n) is 4.40. The molecule has 2 aromatic rings. The molecule has 0 aliphatic heterocycles. The molecular formula is C14H18N2O3S2. The molecule has 0 N–H and O–H groups in total. The summed E-state index contributed by atoms with van der Waals surface area (Å²) in [6, 6.07) is 1.90. The van der Waals surface area contributed by atoms with E-state index >= 15 is 0 Å². The Morgan fingerprint density at radius 2 is 2.24 bits per heavy atom. The highest BCUT2D eigenvalue weighted by atomic mass is 32.2. The summed E-state index contributed by atoms with van der Waals surface area (Å²) in [6.45, 7) is 4.47. The number of esters is 1. The zero-order valence-electron chi connectivity index (χ0n) is 12.3. The molecule has 0 saturated heterocycles. The van der Waals surface area contributed by atoms with Crippen molar-refractivity contribution >= 4 is 39.3 Å². The molecule has 0 radical (unpaired) electrons. The summed E-state index contributed by atoms with van der Waals surface area (Å²) >= 11 is 2.97. The van der Waals surface area contributed by atoms with E-state index in [0.29, 0.717) is 23.7 Å². The van der Waals surface area contributed by atoms with Crippen LogP contribution in [0.15, 0.2) is 16.0 Å². The molecule has 0 atom stereocenters. The van der Waals surface area contributed by atoms with Crippen LogP contribution in [0, 0.1) is 0 Å². The van der Waals surface area contributed by atoms with Gasteiger partial charge in [-0.1, -0.05) is 18.7 Å². The zero-order chi connectivity index (χ0) is 15.4. The number of hydrogen-bond acceptors (Lipinski definition) is 6. The Kier molecular flexibility index (Phi) is 5.41. The number of aryl methyl sites for hydroxylation is 1. The number of ether oxygens (including phenoxy) is 1. The summed E-state index contributed by atoms with van der Waals surface area (Å²) in [4.78, 5) is 30.5. The van der Waals surface area contributed by atoms with Crippen LogP contribution in [0.2, 0.25) is 0 Å². The van der Waals surface area contributed by atoms with Gasteiger partial charge in [-0.3, -0.25) is 14.2 Å². The maximum absolute atomic E-state index is 12.6. The first-order chi connectivity index (χ1) is 10.1. The van der Waals surface area contributed by atoms with Gasteiger partial charge in [-0.25, -0.2) is 4.98 Å². The second kappa shape index (κ2) is 7.09. The van der Waals surface area contributed by atoms with Crippen molar-refractivity contribution in [3.63, 3.8) is 0 Å². The zero-order valence-corrected chi connectivity index (χ0v) is 14.0. The number of nitrogens with zero attached hydrogens (tertiary/aromatic N) is 2. The third kappa shape index (κ3) is 3.47. The van der Waals surface area contributed by atoms with Crippen LogP contribution in [0.3, 0.4) is 0 Å². The number of fused-ring (bicyclic) bond motifs is 1. The lowest BCUT2D eigenvalue weighted by Gasteiger charge is -2.09. The minimum Gasteiger partial charge on any atom is -0.466 e. The quantitative estimate of drug-likeness (QED) is 0.464. The Labute approximate surface area is 131 Å². The normalized spacial score (nSPS) is 11.0. The molecule has 2 heterocycles. The van der Waals surface area contributed by atoms with Crippen LogP contribution >= 0.6 is 23.1 Å². The summed E-state index contributed by atoms with van der Waals surface area (Å²) in [5.41, 5.74) is -0.0791. The monoisotopic (exact) mass is 326 g/mol. The fourth-order valence-electron chi connectivity index (χ4n) is 2.01. The molecule has 0 fully saturated rings. The van der Waals surface area contributed by atoms with E-state index in [2.05, 4.69) is 11.9 Å². The largest absolute Gasteiger partial charge is 0.466 e. The van der Waals surface area contributed by atoms with Gasteiger partial charge in [0.1, 0.15) is 4.83 Å². The van der Waals surface area contributed by atoms with Crippen LogP contribution in [0.1, 0.15) is 25.1 Å². The summed E-state index contributed by atoms with van der Waals surface area (Å²) < 4.78 is 6.47. The number of hydrogen-bond donors (Lipinski definition) is 0. The van der Waals surface area contributed by atoms with E-state index in [9.17, 15) is 9.59 Å². The summed E-state index contributed by atoms with van der Waals surface area (Å²) in [5, 5.41) is 1.28. The van der Waals surface area contributed by atoms with Crippen molar-refractivity contribution in [3.05, 3.63) is 21.3 Å². The fourth-order valence-corrected chi connectivity index (χ4v) is 3.60. The van der Waals surface area contributed by atoms with Gasteiger partial charge >= 0.3 is 5.97 Å². The van der Waals surface area contributed by atoms with Gasteiger partial charge in [0.05, 0.1) is 18.4 Å². The van der Waals surface area contributed by atoms with Gasteiger partial charge in [0.15, 0.2) is 5.16 Å². The van der Waals surface area contributed by atoms with E-state index in [4.69, 9.17) is 4.74 Å². The molecule has 7 heteroatoms. The molecule has 0 saturated carbocycles. The molecule has 2 rings (SSSR count). The molecule has 21 heavy (non-hydrogen) atoms. The number of thioether (sulfide) groups is 1. The van der Waals surface area contributed by atoms with Gasteiger partial charge in [-0.2, -0.15) is 0 Å². The maximum Gasteiger partial charge on any atom is 0.307 e. The van der Waals surface area contributed by atoms with Gasteiger partial charge in [-0.05, 0) is 25.7 Å². The molecule has 0 aliphatic carbocycles. The minimum atomic E-state index is -0.295. The van der Waals surface area contributed by atoms with Gasteiger partial charge in [0.2, 0.25) is 0 Å². The maximum atomic E-state index is 12.6. The highest BCUT2D eigenvalue weighted by molar-refractivity contribution is 7.98. The Morgan fingerprint density at radius 1 is 1.48 bits per heavy atom. The molecule has 0 amide bonds. The predicted octanol–water partition coefficient (Wildman–Crippen LogP) is 2.70. The van der Waals surface area contributed by atoms with Crippen LogP contribution in [0.25, 0.3) is 10.2 Å². The smallest absolute Gasteiger partial charge is 0.307 e. The second-order valence-corrected chi connectivity index (χ2v) is 6.28. The SMILES string of the molecule is CCOC(=O)CCn1c(SC)nc2sc(CC)cc2c1=O. The Balaban J connectivity index is 2.39. The lowest BCUT2D eigenvalue weighted by Crippen LogP contribution is -2.24. The van der Waals surface area contributed by atoms with Gasteiger partial charge in [-0.15, -0.1) is 11.3 Å². The average Bonchev–Trinajstić information content (AvgIpc) is 2.89. The number of rotatable bonds is 6. The van der Waals surface area contributed by atoms with Crippen LogP contribution in [-0.2, 0) is 22.5 Å². The lowest BCUT2D eigenvalue weighted by molar-refractivity contribution is -0.143. The van der Waals surface area contributed by atoms with Crippen LogP contribution in [0.5, 0.6) is 0 Å². The summed E-state index contributed by atoms with van der Waals surface area (Å²) in [7, 11) is 0. The van der Waals surface area contributed by atoms with Crippen LogP contribution in [-0.4, -0.2) is 28.4 Å². The van der Waals surface area contributed by atoms with E-state index in [1.54, 1.807) is 22.8 Å². The topological polar surface area (TPSA) is 61.2 Å². The number of carbonyl (C=O) groups excluding carboxylic acids is 1. The summed E-state index contributed by atoms with van der Waals surface area (Å²) in [5.74, 6) is -0.295. The first-order valence-corrected chi connectivity index (χ1v) is 8.87. The molecule has 114 valence electrons. The average molecular weight is 326 g/mol. The Morgan fingerprint density at radius 3 is 2.86 bits per heavy atom. The van der Waals surface area contributed by atoms with Gasteiger partial charge in [0.25, 0.3) is 5.56 Å². The van der Waals surface area contributed by atoms with E-state index in [1.165, 1.54) is 11.8 Å².